The predicted molar refractivity (Wildman–Crippen MR) is 95.9 cm³/mol. The average molecular weight is 378 g/mol. The monoisotopic (exact) mass is 377 g/mol. The number of benzene rings is 1. The summed E-state index contributed by atoms with van der Waals surface area (Å²) >= 11 is 3.54. The summed E-state index contributed by atoms with van der Waals surface area (Å²) in [5.74, 6) is 1.51. The second-order valence-corrected chi connectivity index (χ2v) is 6.09. The molecule has 0 aliphatic carbocycles. The van der Waals surface area contributed by atoms with Crippen LogP contribution in [-0.4, -0.2) is 45.4 Å². The molecule has 1 saturated heterocycles. The van der Waals surface area contributed by atoms with E-state index in [0.29, 0.717) is 5.88 Å². The van der Waals surface area contributed by atoms with Crippen LogP contribution < -0.4 is 19.3 Å². The standard InChI is InChI=1S/C17H20BrN3O2/c1-22-14-5-3-13(4-6-14)20-9-11-21(12-10-20)15-7-8-16(23-2)19-17(15)18/h3-8H,9-12H2,1-2H3. The Bertz CT molecular complexity index is 655. The summed E-state index contributed by atoms with van der Waals surface area (Å²) in [6.07, 6.45) is 0. The van der Waals surface area contributed by atoms with Gasteiger partial charge in [-0.2, -0.15) is 0 Å². The first-order chi connectivity index (χ1) is 11.2. The third-order valence-electron chi connectivity index (χ3n) is 4.07. The van der Waals surface area contributed by atoms with Gasteiger partial charge in [-0.15, -0.1) is 0 Å². The van der Waals surface area contributed by atoms with Crippen molar-refractivity contribution in [2.24, 2.45) is 0 Å². The number of halogens is 1. The Hall–Kier alpha value is -1.95. The summed E-state index contributed by atoms with van der Waals surface area (Å²) < 4.78 is 11.2. The van der Waals surface area contributed by atoms with Crippen molar-refractivity contribution in [3.63, 3.8) is 0 Å². The second kappa shape index (κ2) is 7.08. The van der Waals surface area contributed by atoms with Gasteiger partial charge in [-0.05, 0) is 46.3 Å². The van der Waals surface area contributed by atoms with Gasteiger partial charge in [-0.3, -0.25) is 0 Å². The van der Waals surface area contributed by atoms with Crippen LogP contribution in [0.1, 0.15) is 0 Å². The summed E-state index contributed by atoms with van der Waals surface area (Å²) in [4.78, 5) is 9.12. The van der Waals surface area contributed by atoms with Gasteiger partial charge < -0.3 is 19.3 Å². The summed E-state index contributed by atoms with van der Waals surface area (Å²) in [5.41, 5.74) is 2.34. The quantitative estimate of drug-likeness (QED) is 0.764. The zero-order valence-electron chi connectivity index (χ0n) is 13.3. The van der Waals surface area contributed by atoms with Gasteiger partial charge in [-0.1, -0.05) is 0 Å². The lowest BCUT2D eigenvalue weighted by Gasteiger charge is -2.37. The van der Waals surface area contributed by atoms with Crippen LogP contribution in [0.3, 0.4) is 0 Å². The van der Waals surface area contributed by atoms with Crippen molar-refractivity contribution in [1.29, 1.82) is 0 Å². The van der Waals surface area contributed by atoms with E-state index in [2.05, 4.69) is 48.9 Å². The largest absolute Gasteiger partial charge is 0.497 e. The molecular weight excluding hydrogens is 358 g/mol. The molecule has 0 bridgehead atoms. The molecule has 122 valence electrons. The summed E-state index contributed by atoms with van der Waals surface area (Å²) in [5, 5.41) is 0. The van der Waals surface area contributed by atoms with Crippen molar-refractivity contribution in [3.05, 3.63) is 41.0 Å². The fraction of sp³-hybridized carbons (Fsp3) is 0.353. The van der Waals surface area contributed by atoms with Gasteiger partial charge in [0.1, 0.15) is 10.4 Å². The Morgan fingerprint density at radius 1 is 0.870 bits per heavy atom. The van der Waals surface area contributed by atoms with Gasteiger partial charge in [0.15, 0.2) is 0 Å². The Balaban J connectivity index is 1.65. The summed E-state index contributed by atoms with van der Waals surface area (Å²) in [7, 11) is 3.32. The molecule has 1 aliphatic rings. The number of anilines is 2. The normalized spacial score (nSPS) is 14.7. The van der Waals surface area contributed by atoms with Gasteiger partial charge >= 0.3 is 0 Å². The van der Waals surface area contributed by atoms with Gasteiger partial charge in [0, 0.05) is 37.9 Å². The van der Waals surface area contributed by atoms with Crippen LogP contribution in [0.2, 0.25) is 0 Å². The molecule has 1 fully saturated rings. The zero-order chi connectivity index (χ0) is 16.2. The highest BCUT2D eigenvalue weighted by Crippen LogP contribution is 2.28. The molecule has 2 heterocycles. The molecule has 2 aromatic rings. The third kappa shape index (κ3) is 3.52. The van der Waals surface area contributed by atoms with Gasteiger partial charge in [0.25, 0.3) is 0 Å². The van der Waals surface area contributed by atoms with Crippen molar-refractivity contribution in [2.75, 3.05) is 50.2 Å². The van der Waals surface area contributed by atoms with Crippen molar-refractivity contribution in [2.45, 2.75) is 0 Å². The van der Waals surface area contributed by atoms with Crippen LogP contribution in [0.25, 0.3) is 0 Å². The average Bonchev–Trinajstić information content (AvgIpc) is 2.62. The molecule has 0 N–H and O–H groups in total. The molecule has 0 atom stereocenters. The first-order valence-corrected chi connectivity index (χ1v) is 8.35. The van der Waals surface area contributed by atoms with Crippen molar-refractivity contribution < 1.29 is 9.47 Å². The van der Waals surface area contributed by atoms with E-state index in [0.717, 1.165) is 42.2 Å². The highest BCUT2D eigenvalue weighted by atomic mass is 79.9. The fourth-order valence-electron chi connectivity index (χ4n) is 2.76. The molecule has 1 aromatic carbocycles. The maximum Gasteiger partial charge on any atom is 0.214 e. The second-order valence-electron chi connectivity index (χ2n) is 5.34. The van der Waals surface area contributed by atoms with Crippen LogP contribution in [0, 0.1) is 0 Å². The van der Waals surface area contributed by atoms with E-state index in [9.17, 15) is 0 Å². The first kappa shape index (κ1) is 15.9. The number of rotatable bonds is 4. The molecule has 5 nitrogen and oxygen atoms in total. The number of piperazine rings is 1. The third-order valence-corrected chi connectivity index (χ3v) is 4.65. The van der Waals surface area contributed by atoms with Crippen molar-refractivity contribution in [1.82, 2.24) is 4.98 Å². The molecule has 0 radical (unpaired) electrons. The number of aromatic nitrogens is 1. The zero-order valence-corrected chi connectivity index (χ0v) is 14.9. The van der Waals surface area contributed by atoms with E-state index in [4.69, 9.17) is 9.47 Å². The van der Waals surface area contributed by atoms with Crippen molar-refractivity contribution >= 4 is 27.3 Å². The maximum absolute atomic E-state index is 5.21. The minimum Gasteiger partial charge on any atom is -0.497 e. The molecule has 3 rings (SSSR count). The minimum atomic E-state index is 0.623. The Labute approximate surface area is 145 Å². The number of hydrogen-bond donors (Lipinski definition) is 0. The molecule has 6 heteroatoms. The summed E-state index contributed by atoms with van der Waals surface area (Å²) in [6.45, 7) is 3.87. The fourth-order valence-corrected chi connectivity index (χ4v) is 3.32. The van der Waals surface area contributed by atoms with Crippen molar-refractivity contribution in [3.8, 4) is 11.6 Å². The van der Waals surface area contributed by atoms with E-state index in [1.807, 2.05) is 18.2 Å². The molecule has 0 amide bonds. The number of ether oxygens (including phenoxy) is 2. The van der Waals surface area contributed by atoms with E-state index in [1.54, 1.807) is 14.2 Å². The maximum atomic E-state index is 5.21. The molecule has 0 unspecified atom stereocenters. The van der Waals surface area contributed by atoms with Crippen LogP contribution in [0.15, 0.2) is 41.0 Å². The molecule has 0 spiro atoms. The molecule has 23 heavy (non-hydrogen) atoms. The van der Waals surface area contributed by atoms with Gasteiger partial charge in [-0.25, -0.2) is 4.98 Å². The van der Waals surface area contributed by atoms with Crippen LogP contribution in [0.5, 0.6) is 11.6 Å². The van der Waals surface area contributed by atoms with E-state index in [-0.39, 0.29) is 0 Å². The van der Waals surface area contributed by atoms with E-state index < -0.39 is 0 Å². The molecular formula is C17H20BrN3O2. The van der Waals surface area contributed by atoms with Gasteiger partial charge in [0.2, 0.25) is 5.88 Å². The van der Waals surface area contributed by atoms with Gasteiger partial charge in [0.05, 0.1) is 19.9 Å². The topological polar surface area (TPSA) is 37.8 Å². The smallest absolute Gasteiger partial charge is 0.214 e. The number of hydrogen-bond acceptors (Lipinski definition) is 5. The lowest BCUT2D eigenvalue weighted by Crippen LogP contribution is -2.46. The van der Waals surface area contributed by atoms with Crippen LogP contribution in [-0.2, 0) is 0 Å². The predicted octanol–water partition coefficient (Wildman–Crippen LogP) is 3.19. The lowest BCUT2D eigenvalue weighted by atomic mass is 10.2. The highest BCUT2D eigenvalue weighted by molar-refractivity contribution is 9.10. The summed E-state index contributed by atoms with van der Waals surface area (Å²) in [6, 6.07) is 12.2. The molecule has 0 saturated carbocycles. The Morgan fingerprint density at radius 2 is 1.52 bits per heavy atom. The number of nitrogens with zero attached hydrogens (tertiary/aromatic N) is 3. The minimum absolute atomic E-state index is 0.623. The number of pyridine rings is 1. The Morgan fingerprint density at radius 3 is 2.09 bits per heavy atom. The molecule has 1 aromatic heterocycles. The van der Waals surface area contributed by atoms with E-state index in [1.165, 1.54) is 5.69 Å². The SMILES string of the molecule is COc1ccc(N2CCN(c3ccc(OC)nc3Br)CC2)cc1. The molecule has 1 aliphatic heterocycles. The van der Waals surface area contributed by atoms with E-state index >= 15 is 0 Å². The number of methoxy groups -OCH3 is 2. The first-order valence-electron chi connectivity index (χ1n) is 7.56. The van der Waals surface area contributed by atoms with Crippen LogP contribution >= 0.6 is 15.9 Å². The lowest BCUT2D eigenvalue weighted by molar-refractivity contribution is 0.397. The Kier molecular flexibility index (Phi) is 4.91. The van der Waals surface area contributed by atoms with Crippen LogP contribution in [0.4, 0.5) is 11.4 Å². The highest BCUT2D eigenvalue weighted by Gasteiger charge is 2.20.